The molecule has 2 saturated carbocycles. The van der Waals surface area contributed by atoms with Gasteiger partial charge in [0.05, 0.1) is 6.10 Å². The van der Waals surface area contributed by atoms with Gasteiger partial charge in [-0.25, -0.2) is 9.18 Å². The van der Waals surface area contributed by atoms with Crippen molar-refractivity contribution in [1.29, 1.82) is 0 Å². The van der Waals surface area contributed by atoms with Gasteiger partial charge in [0, 0.05) is 35.7 Å². The first kappa shape index (κ1) is 18.8. The van der Waals surface area contributed by atoms with Crippen molar-refractivity contribution in [3.8, 4) is 10.6 Å². The third kappa shape index (κ3) is 3.15. The predicted molar refractivity (Wildman–Crippen MR) is 105 cm³/mol. The maximum atomic E-state index is 14.0. The monoisotopic (exact) mass is 454 g/mol. The molecule has 1 heterocycles. The smallest absolute Gasteiger partial charge is 0.323 e. The molecule has 1 N–H and O–H groups in total. The number of nitrogens with one attached hydrogen (secondary N) is 1. The number of urea groups is 1. The van der Waals surface area contributed by atoms with Gasteiger partial charge >= 0.3 is 6.03 Å². The Morgan fingerprint density at radius 1 is 1.44 bits per heavy atom. The Bertz CT molecular complexity index is 873. The van der Waals surface area contributed by atoms with Gasteiger partial charge < -0.3 is 9.64 Å². The second kappa shape index (κ2) is 7.10. The number of rotatable bonds is 4. The number of halogens is 2. The average Bonchev–Trinajstić information content (AvgIpc) is 3.03. The largest absolute Gasteiger partial charge is 0.381 e. The van der Waals surface area contributed by atoms with Gasteiger partial charge in [-0.15, -0.1) is 10.2 Å². The predicted octanol–water partition coefficient (Wildman–Crippen LogP) is 4.53. The first-order valence-electron chi connectivity index (χ1n) is 8.80. The molecule has 2 unspecified atom stereocenters. The number of benzene rings is 1. The molecule has 9 heteroatoms. The van der Waals surface area contributed by atoms with Crippen LogP contribution in [0, 0.1) is 11.2 Å². The molecule has 4 rings (SSSR count). The minimum absolute atomic E-state index is 0.104. The van der Waals surface area contributed by atoms with Crippen LogP contribution in [0.2, 0.25) is 0 Å². The van der Waals surface area contributed by atoms with Crippen LogP contribution in [-0.2, 0) is 4.74 Å². The van der Waals surface area contributed by atoms with Crippen molar-refractivity contribution in [1.82, 2.24) is 15.1 Å². The van der Waals surface area contributed by atoms with E-state index in [4.69, 9.17) is 4.74 Å². The van der Waals surface area contributed by atoms with E-state index in [1.54, 1.807) is 24.1 Å². The number of amides is 2. The maximum Gasteiger partial charge on any atom is 0.323 e. The van der Waals surface area contributed by atoms with Crippen LogP contribution < -0.4 is 5.32 Å². The average molecular weight is 455 g/mol. The summed E-state index contributed by atoms with van der Waals surface area (Å²) in [5, 5.41) is 11.6. The minimum Gasteiger partial charge on any atom is -0.381 e. The fraction of sp³-hybridized carbons (Fsp3) is 0.500. The summed E-state index contributed by atoms with van der Waals surface area (Å²) < 4.78 is 20.4. The van der Waals surface area contributed by atoms with Crippen molar-refractivity contribution < 1.29 is 13.9 Å². The second-order valence-electron chi connectivity index (χ2n) is 7.14. The van der Waals surface area contributed by atoms with Crippen molar-refractivity contribution >= 4 is 38.4 Å². The van der Waals surface area contributed by atoms with Crippen molar-refractivity contribution in [2.45, 2.75) is 37.8 Å². The first-order chi connectivity index (χ1) is 12.9. The summed E-state index contributed by atoms with van der Waals surface area (Å²) in [4.78, 5) is 14.4. The fourth-order valence-electron chi connectivity index (χ4n) is 4.21. The number of carbonyl (C=O) groups excluding carboxylic acids is 1. The third-order valence-electron chi connectivity index (χ3n) is 5.90. The van der Waals surface area contributed by atoms with Gasteiger partial charge in [-0.3, -0.25) is 5.32 Å². The number of ether oxygens (including phenoxy) is 1. The molecular weight excluding hydrogens is 435 g/mol. The molecule has 144 valence electrons. The Labute approximate surface area is 169 Å². The van der Waals surface area contributed by atoms with Crippen LogP contribution in [0.1, 0.15) is 25.7 Å². The molecule has 1 aromatic carbocycles. The Kier molecular flexibility index (Phi) is 4.94. The zero-order chi connectivity index (χ0) is 19.2. The summed E-state index contributed by atoms with van der Waals surface area (Å²) in [6, 6.07) is 4.59. The van der Waals surface area contributed by atoms with E-state index in [-0.39, 0.29) is 29.4 Å². The van der Waals surface area contributed by atoms with Crippen LogP contribution in [-0.4, -0.2) is 47.4 Å². The van der Waals surface area contributed by atoms with E-state index in [1.165, 1.54) is 12.5 Å². The highest BCUT2D eigenvalue weighted by Crippen LogP contribution is 2.58. The van der Waals surface area contributed by atoms with Crippen LogP contribution in [0.5, 0.6) is 0 Å². The Morgan fingerprint density at radius 3 is 2.89 bits per heavy atom. The number of hydrogen-bond acceptors (Lipinski definition) is 5. The van der Waals surface area contributed by atoms with Crippen LogP contribution in [0.3, 0.4) is 0 Å². The maximum absolute atomic E-state index is 14.0. The van der Waals surface area contributed by atoms with E-state index in [9.17, 15) is 9.18 Å². The zero-order valence-corrected chi connectivity index (χ0v) is 17.4. The van der Waals surface area contributed by atoms with Crippen molar-refractivity contribution in [3.05, 3.63) is 28.5 Å². The molecule has 0 bridgehead atoms. The SMILES string of the molecule is COC1CC(N(C)C(=O)Nc2nnc(-c3cc(Br)ccc3F)s2)C12CCC2. The molecule has 0 saturated heterocycles. The number of carbonyl (C=O) groups is 1. The van der Waals surface area contributed by atoms with E-state index >= 15 is 0 Å². The number of hydrogen-bond donors (Lipinski definition) is 1. The van der Waals surface area contributed by atoms with Gasteiger partial charge in [-0.05, 0) is 37.5 Å². The topological polar surface area (TPSA) is 67.3 Å². The van der Waals surface area contributed by atoms with Crippen LogP contribution in [0.25, 0.3) is 10.6 Å². The van der Waals surface area contributed by atoms with E-state index in [0.29, 0.717) is 15.7 Å². The van der Waals surface area contributed by atoms with Gasteiger partial charge in [0.2, 0.25) is 5.13 Å². The lowest BCUT2D eigenvalue weighted by Gasteiger charge is -2.62. The third-order valence-corrected chi connectivity index (χ3v) is 7.26. The molecule has 2 amide bonds. The van der Waals surface area contributed by atoms with Crippen LogP contribution >= 0.6 is 27.3 Å². The molecule has 2 fully saturated rings. The van der Waals surface area contributed by atoms with E-state index in [2.05, 4.69) is 31.4 Å². The number of anilines is 1. The Hall–Kier alpha value is -1.58. The Morgan fingerprint density at radius 2 is 2.22 bits per heavy atom. The molecule has 2 aliphatic rings. The lowest BCUT2D eigenvalue weighted by Crippen LogP contribution is -2.67. The minimum atomic E-state index is -0.378. The van der Waals surface area contributed by atoms with Gasteiger partial charge in [-0.1, -0.05) is 33.7 Å². The van der Waals surface area contributed by atoms with Crippen molar-refractivity contribution in [2.75, 3.05) is 19.5 Å². The molecule has 2 atom stereocenters. The summed E-state index contributed by atoms with van der Waals surface area (Å²) in [5.41, 5.74) is 0.457. The molecule has 2 aromatic rings. The summed E-state index contributed by atoms with van der Waals surface area (Å²) in [6.45, 7) is 0. The molecule has 0 aliphatic heterocycles. The number of aromatic nitrogens is 2. The van der Waals surface area contributed by atoms with Gasteiger partial charge in [0.1, 0.15) is 5.82 Å². The summed E-state index contributed by atoms with van der Waals surface area (Å²) in [7, 11) is 3.55. The molecule has 6 nitrogen and oxygen atoms in total. The molecular formula is C18H20BrFN4O2S. The fourth-order valence-corrected chi connectivity index (χ4v) is 5.32. The first-order valence-corrected chi connectivity index (χ1v) is 10.4. The standard InChI is InChI=1S/C18H20BrFN4O2S/c1-24(13-9-14(26-2)18(13)6-3-7-18)17(25)21-16-23-22-15(27-16)11-8-10(19)4-5-12(11)20/h4-5,8,13-14H,3,6-7,9H2,1-2H3,(H,21,23,25). The van der Waals surface area contributed by atoms with Crippen molar-refractivity contribution in [2.24, 2.45) is 5.41 Å². The molecule has 2 aliphatic carbocycles. The highest BCUT2D eigenvalue weighted by molar-refractivity contribution is 9.10. The van der Waals surface area contributed by atoms with Gasteiger partial charge in [0.25, 0.3) is 0 Å². The summed E-state index contributed by atoms with van der Waals surface area (Å²) in [5.74, 6) is -0.378. The van der Waals surface area contributed by atoms with Crippen LogP contribution in [0.15, 0.2) is 22.7 Å². The number of methoxy groups -OCH3 is 1. The van der Waals surface area contributed by atoms with Crippen LogP contribution in [0.4, 0.5) is 14.3 Å². The molecule has 27 heavy (non-hydrogen) atoms. The summed E-state index contributed by atoms with van der Waals surface area (Å²) >= 11 is 4.48. The van der Waals surface area contributed by atoms with E-state index < -0.39 is 0 Å². The molecule has 1 spiro atoms. The highest BCUT2D eigenvalue weighted by Gasteiger charge is 2.60. The second-order valence-corrected chi connectivity index (χ2v) is 9.03. The van der Waals surface area contributed by atoms with E-state index in [0.717, 1.165) is 35.1 Å². The normalized spacial score (nSPS) is 22.8. The lowest BCUT2D eigenvalue weighted by atomic mass is 9.50. The van der Waals surface area contributed by atoms with Gasteiger partial charge in [-0.2, -0.15) is 0 Å². The molecule has 0 radical (unpaired) electrons. The quantitative estimate of drug-likeness (QED) is 0.736. The lowest BCUT2D eigenvalue weighted by molar-refractivity contribution is -0.181. The Balaban J connectivity index is 1.45. The number of nitrogens with zero attached hydrogens (tertiary/aromatic N) is 3. The zero-order valence-electron chi connectivity index (χ0n) is 15.0. The summed E-state index contributed by atoms with van der Waals surface area (Å²) in [6.07, 6.45) is 4.46. The van der Waals surface area contributed by atoms with E-state index in [1.807, 2.05) is 7.05 Å². The van der Waals surface area contributed by atoms with Crippen molar-refractivity contribution in [3.63, 3.8) is 0 Å². The molecule has 1 aromatic heterocycles. The highest BCUT2D eigenvalue weighted by atomic mass is 79.9. The van der Waals surface area contributed by atoms with Gasteiger partial charge in [0.15, 0.2) is 5.01 Å².